The molecule has 0 spiro atoms. The van der Waals surface area contributed by atoms with E-state index < -0.39 is 23.0 Å². The summed E-state index contributed by atoms with van der Waals surface area (Å²) in [7, 11) is 0. The van der Waals surface area contributed by atoms with E-state index in [1.165, 1.54) is 18.2 Å². The average molecular weight is 334 g/mol. The predicted octanol–water partition coefficient (Wildman–Crippen LogP) is 3.73. The highest BCUT2D eigenvalue weighted by molar-refractivity contribution is 6.02. The van der Waals surface area contributed by atoms with Gasteiger partial charge in [-0.1, -0.05) is 43.0 Å². The first kappa shape index (κ1) is 19.6. The Kier molecular flexibility index (Phi) is 6.89. The lowest BCUT2D eigenvalue weighted by Crippen LogP contribution is -2.54. The standard InChI is InChI=1S/C19H23FO4/c1-5-14-18(16(21)23-7-3,17(22)24-8-4)19(20,6-2)15-12-10-9-11-13-15/h5-6,9-13H,1-2,7-8,14H2,3-4H3/t19-/m0/s1. The lowest BCUT2D eigenvalue weighted by atomic mass is 9.67. The van der Waals surface area contributed by atoms with Crippen LogP contribution in [0.1, 0.15) is 25.8 Å². The van der Waals surface area contributed by atoms with Crippen LogP contribution in [0.4, 0.5) is 4.39 Å². The predicted molar refractivity (Wildman–Crippen MR) is 89.9 cm³/mol. The van der Waals surface area contributed by atoms with E-state index >= 15 is 4.39 Å². The molecule has 0 heterocycles. The maximum atomic E-state index is 16.1. The lowest BCUT2D eigenvalue weighted by Gasteiger charge is -2.39. The van der Waals surface area contributed by atoms with Gasteiger partial charge in [0.25, 0.3) is 0 Å². The first-order chi connectivity index (χ1) is 11.4. The number of alkyl halides is 1. The van der Waals surface area contributed by atoms with E-state index in [2.05, 4.69) is 13.2 Å². The van der Waals surface area contributed by atoms with Crippen molar-refractivity contribution in [2.24, 2.45) is 5.41 Å². The molecule has 0 radical (unpaired) electrons. The molecule has 130 valence electrons. The monoisotopic (exact) mass is 334 g/mol. The van der Waals surface area contributed by atoms with Gasteiger partial charge in [-0.05, 0) is 31.9 Å². The molecule has 0 aliphatic carbocycles. The van der Waals surface area contributed by atoms with Crippen LogP contribution in [0.3, 0.4) is 0 Å². The zero-order chi connectivity index (χ0) is 18.2. The minimum absolute atomic E-state index is 0.000849. The minimum atomic E-state index is -2.51. The quantitative estimate of drug-likeness (QED) is 0.392. The van der Waals surface area contributed by atoms with Gasteiger partial charge in [0.2, 0.25) is 5.41 Å². The topological polar surface area (TPSA) is 52.6 Å². The molecule has 0 aliphatic heterocycles. The van der Waals surface area contributed by atoms with Crippen LogP contribution in [-0.4, -0.2) is 25.2 Å². The van der Waals surface area contributed by atoms with E-state index in [0.29, 0.717) is 0 Å². The van der Waals surface area contributed by atoms with E-state index in [1.54, 1.807) is 32.0 Å². The molecule has 0 saturated carbocycles. The summed E-state index contributed by atoms with van der Waals surface area (Å²) in [5, 5.41) is 0. The third-order valence-electron chi connectivity index (χ3n) is 3.79. The Hall–Kier alpha value is -2.43. The zero-order valence-corrected chi connectivity index (χ0v) is 14.1. The third-order valence-corrected chi connectivity index (χ3v) is 3.79. The summed E-state index contributed by atoms with van der Waals surface area (Å²) in [5.41, 5.74) is -4.65. The van der Waals surface area contributed by atoms with Gasteiger partial charge in [-0.3, -0.25) is 9.59 Å². The molecular weight excluding hydrogens is 311 g/mol. The molecule has 1 rings (SSSR count). The normalized spacial score (nSPS) is 13.5. The SMILES string of the molecule is C=CCC(C(=O)OCC)(C(=O)OCC)[C@](F)(C=C)c1ccccc1. The van der Waals surface area contributed by atoms with Crippen LogP contribution >= 0.6 is 0 Å². The van der Waals surface area contributed by atoms with Gasteiger partial charge in [0.1, 0.15) is 0 Å². The Morgan fingerprint density at radius 2 is 1.58 bits per heavy atom. The van der Waals surface area contributed by atoms with Crippen LogP contribution < -0.4 is 0 Å². The molecule has 1 aromatic rings. The molecule has 0 aromatic heterocycles. The first-order valence-corrected chi connectivity index (χ1v) is 7.77. The van der Waals surface area contributed by atoms with Crippen LogP contribution in [0.15, 0.2) is 55.6 Å². The van der Waals surface area contributed by atoms with Crippen LogP contribution in [0.25, 0.3) is 0 Å². The van der Waals surface area contributed by atoms with Gasteiger partial charge in [0.05, 0.1) is 13.2 Å². The number of allylic oxidation sites excluding steroid dienone is 2. The van der Waals surface area contributed by atoms with Gasteiger partial charge < -0.3 is 9.47 Å². The highest BCUT2D eigenvalue weighted by Gasteiger charge is 2.64. The first-order valence-electron chi connectivity index (χ1n) is 7.77. The van der Waals surface area contributed by atoms with Gasteiger partial charge in [0.15, 0.2) is 5.67 Å². The molecule has 5 heteroatoms. The Morgan fingerprint density at radius 3 is 1.96 bits per heavy atom. The van der Waals surface area contributed by atoms with Crippen molar-refractivity contribution < 1.29 is 23.5 Å². The van der Waals surface area contributed by atoms with Gasteiger partial charge in [-0.2, -0.15) is 0 Å². The zero-order valence-electron chi connectivity index (χ0n) is 14.1. The van der Waals surface area contributed by atoms with Gasteiger partial charge in [0, 0.05) is 0 Å². The number of ether oxygens (including phenoxy) is 2. The molecule has 4 nitrogen and oxygen atoms in total. The number of hydrogen-bond acceptors (Lipinski definition) is 4. The van der Waals surface area contributed by atoms with Crippen LogP contribution in [0, 0.1) is 5.41 Å². The maximum absolute atomic E-state index is 16.1. The number of carbonyl (C=O) groups excluding carboxylic acids is 2. The largest absolute Gasteiger partial charge is 0.465 e. The van der Waals surface area contributed by atoms with Gasteiger partial charge in [-0.25, -0.2) is 4.39 Å². The molecular formula is C19H23FO4. The Labute approximate surface area is 142 Å². The Bertz CT molecular complexity index is 579. The molecule has 1 aromatic carbocycles. The fourth-order valence-corrected chi connectivity index (χ4v) is 2.64. The molecule has 0 bridgehead atoms. The van der Waals surface area contributed by atoms with Crippen molar-refractivity contribution in [3.8, 4) is 0 Å². The molecule has 24 heavy (non-hydrogen) atoms. The molecule has 0 fully saturated rings. The highest BCUT2D eigenvalue weighted by atomic mass is 19.1. The van der Waals surface area contributed by atoms with Crippen molar-refractivity contribution in [2.45, 2.75) is 25.9 Å². The molecule has 1 atom stereocenters. The molecule has 0 amide bonds. The summed E-state index contributed by atoms with van der Waals surface area (Å²) in [6.07, 6.45) is 1.95. The van der Waals surface area contributed by atoms with Gasteiger partial charge in [-0.15, -0.1) is 6.58 Å². The van der Waals surface area contributed by atoms with Crippen molar-refractivity contribution in [3.63, 3.8) is 0 Å². The smallest absolute Gasteiger partial charge is 0.327 e. The van der Waals surface area contributed by atoms with Crippen molar-refractivity contribution >= 4 is 11.9 Å². The number of hydrogen-bond donors (Lipinski definition) is 0. The second-order valence-corrected chi connectivity index (χ2v) is 5.12. The van der Waals surface area contributed by atoms with E-state index in [0.717, 1.165) is 6.08 Å². The van der Waals surface area contributed by atoms with Crippen LogP contribution in [0.2, 0.25) is 0 Å². The van der Waals surface area contributed by atoms with Crippen molar-refractivity contribution in [3.05, 3.63) is 61.2 Å². The summed E-state index contributed by atoms with van der Waals surface area (Å²) < 4.78 is 26.2. The minimum Gasteiger partial charge on any atom is -0.465 e. The number of esters is 2. The summed E-state index contributed by atoms with van der Waals surface area (Å²) in [5.74, 6) is -2.01. The van der Waals surface area contributed by atoms with Crippen LogP contribution in [0.5, 0.6) is 0 Å². The van der Waals surface area contributed by atoms with Crippen molar-refractivity contribution in [1.82, 2.24) is 0 Å². The fraction of sp³-hybridized carbons (Fsp3) is 0.368. The Balaban J connectivity index is 3.69. The Morgan fingerprint density at radius 1 is 1.08 bits per heavy atom. The van der Waals surface area contributed by atoms with Crippen molar-refractivity contribution in [2.75, 3.05) is 13.2 Å². The summed E-state index contributed by atoms with van der Waals surface area (Å²) in [6, 6.07) is 7.90. The lowest BCUT2D eigenvalue weighted by molar-refractivity contribution is -0.183. The fourth-order valence-electron chi connectivity index (χ4n) is 2.64. The molecule has 0 saturated heterocycles. The van der Waals surface area contributed by atoms with Crippen LogP contribution in [-0.2, 0) is 24.7 Å². The number of halogens is 1. The van der Waals surface area contributed by atoms with E-state index in [4.69, 9.17) is 9.47 Å². The average Bonchev–Trinajstić information content (AvgIpc) is 2.60. The maximum Gasteiger partial charge on any atom is 0.327 e. The number of benzene rings is 1. The van der Waals surface area contributed by atoms with E-state index in [9.17, 15) is 9.59 Å². The van der Waals surface area contributed by atoms with Crippen molar-refractivity contribution in [1.29, 1.82) is 0 Å². The molecule has 0 aliphatic rings. The van der Waals surface area contributed by atoms with Gasteiger partial charge >= 0.3 is 11.9 Å². The summed E-state index contributed by atoms with van der Waals surface area (Å²) >= 11 is 0. The third kappa shape index (κ3) is 3.25. The molecule has 0 unspecified atom stereocenters. The second kappa shape index (κ2) is 8.43. The molecule has 0 N–H and O–H groups in total. The number of carbonyl (C=O) groups is 2. The second-order valence-electron chi connectivity index (χ2n) is 5.12. The number of rotatable bonds is 9. The summed E-state index contributed by atoms with van der Waals surface area (Å²) in [6.45, 7) is 10.2. The summed E-state index contributed by atoms with van der Waals surface area (Å²) in [4.78, 5) is 25.4. The highest BCUT2D eigenvalue weighted by Crippen LogP contribution is 2.49. The van der Waals surface area contributed by atoms with E-state index in [-0.39, 0.29) is 25.2 Å². The van der Waals surface area contributed by atoms with E-state index in [1.807, 2.05) is 0 Å².